The highest BCUT2D eigenvalue weighted by Gasteiger charge is 2.29. The Bertz CT molecular complexity index is 485. The van der Waals surface area contributed by atoms with Gasteiger partial charge in [0, 0.05) is 0 Å². The van der Waals surface area contributed by atoms with Crippen LogP contribution in [0.3, 0.4) is 0 Å². The van der Waals surface area contributed by atoms with Crippen LogP contribution in [0.25, 0.3) is 6.08 Å². The summed E-state index contributed by atoms with van der Waals surface area (Å²) in [5, 5.41) is 0.273. The second-order valence-corrected chi connectivity index (χ2v) is 4.12. The maximum absolute atomic E-state index is 12.1. The molecular formula is C9H6F4O2S. The summed E-state index contributed by atoms with van der Waals surface area (Å²) in [7, 11) is -4.76. The first-order valence-corrected chi connectivity index (χ1v) is 5.43. The molecule has 2 nitrogen and oxygen atoms in total. The molecule has 1 aromatic carbocycles. The van der Waals surface area contributed by atoms with E-state index < -0.39 is 22.0 Å². The molecule has 0 aliphatic heterocycles. The van der Waals surface area contributed by atoms with Crippen molar-refractivity contribution in [2.24, 2.45) is 0 Å². The van der Waals surface area contributed by atoms with Crippen LogP contribution in [0.15, 0.2) is 29.7 Å². The van der Waals surface area contributed by atoms with Crippen LogP contribution >= 0.6 is 0 Å². The SMILES string of the molecule is O=S(=O)(F)/C=C/c1ccc(C(F)(F)F)cc1. The highest BCUT2D eigenvalue weighted by molar-refractivity contribution is 7.89. The minimum Gasteiger partial charge on any atom is -0.190 e. The van der Waals surface area contributed by atoms with Crippen molar-refractivity contribution in [3.63, 3.8) is 0 Å². The summed E-state index contributed by atoms with van der Waals surface area (Å²) < 4.78 is 68.6. The minimum absolute atomic E-state index is 0.161. The van der Waals surface area contributed by atoms with Gasteiger partial charge in [-0.05, 0) is 23.8 Å². The molecule has 0 aliphatic rings. The minimum atomic E-state index is -4.76. The van der Waals surface area contributed by atoms with Gasteiger partial charge in [0.2, 0.25) is 0 Å². The molecule has 0 spiro atoms. The van der Waals surface area contributed by atoms with Crippen LogP contribution in [-0.4, -0.2) is 8.42 Å². The van der Waals surface area contributed by atoms with E-state index in [1.54, 1.807) is 0 Å². The topological polar surface area (TPSA) is 34.1 Å². The van der Waals surface area contributed by atoms with E-state index in [0.717, 1.165) is 30.3 Å². The van der Waals surface area contributed by atoms with Gasteiger partial charge in [0.25, 0.3) is 0 Å². The van der Waals surface area contributed by atoms with Crippen LogP contribution < -0.4 is 0 Å². The zero-order chi connectivity index (χ0) is 12.4. The lowest BCUT2D eigenvalue weighted by Gasteiger charge is -2.05. The fourth-order valence-electron chi connectivity index (χ4n) is 0.943. The number of halogens is 4. The van der Waals surface area contributed by atoms with Gasteiger partial charge in [-0.3, -0.25) is 0 Å². The average Bonchev–Trinajstić information content (AvgIpc) is 2.13. The van der Waals surface area contributed by atoms with Gasteiger partial charge in [0.1, 0.15) is 0 Å². The Labute approximate surface area is 89.4 Å². The summed E-state index contributed by atoms with van der Waals surface area (Å²) in [4.78, 5) is 0. The van der Waals surface area contributed by atoms with E-state index >= 15 is 0 Å². The average molecular weight is 254 g/mol. The fourth-order valence-corrected chi connectivity index (χ4v) is 1.26. The van der Waals surface area contributed by atoms with Crippen molar-refractivity contribution >= 4 is 16.3 Å². The fraction of sp³-hybridized carbons (Fsp3) is 0.111. The van der Waals surface area contributed by atoms with E-state index in [9.17, 15) is 25.5 Å². The van der Waals surface area contributed by atoms with Crippen molar-refractivity contribution in [3.05, 3.63) is 40.8 Å². The molecule has 0 saturated carbocycles. The van der Waals surface area contributed by atoms with Gasteiger partial charge >= 0.3 is 16.4 Å². The third-order valence-corrected chi connectivity index (χ3v) is 2.12. The van der Waals surface area contributed by atoms with Gasteiger partial charge in [-0.1, -0.05) is 12.1 Å². The molecule has 0 fully saturated rings. The molecule has 1 rings (SSSR count). The zero-order valence-electron chi connectivity index (χ0n) is 7.70. The summed E-state index contributed by atoms with van der Waals surface area (Å²) in [5.41, 5.74) is -0.693. The van der Waals surface area contributed by atoms with Crippen LogP contribution in [0.1, 0.15) is 11.1 Å². The van der Waals surface area contributed by atoms with Gasteiger partial charge in [-0.25, -0.2) is 0 Å². The first kappa shape index (κ1) is 12.7. The lowest BCUT2D eigenvalue weighted by molar-refractivity contribution is -0.137. The molecule has 7 heteroatoms. The smallest absolute Gasteiger partial charge is 0.190 e. The lowest BCUT2D eigenvalue weighted by Crippen LogP contribution is -2.03. The number of hydrogen-bond donors (Lipinski definition) is 0. The van der Waals surface area contributed by atoms with Crippen LogP contribution in [0, 0.1) is 0 Å². The first-order valence-electron chi connectivity index (χ1n) is 3.98. The number of rotatable bonds is 2. The molecule has 0 aliphatic carbocycles. The molecule has 0 unspecified atom stereocenters. The number of hydrogen-bond acceptors (Lipinski definition) is 2. The summed E-state index contributed by atoms with van der Waals surface area (Å²) >= 11 is 0. The van der Waals surface area contributed by atoms with E-state index in [2.05, 4.69) is 0 Å². The maximum atomic E-state index is 12.1. The van der Waals surface area contributed by atoms with E-state index in [1.807, 2.05) is 0 Å². The quantitative estimate of drug-likeness (QED) is 0.600. The van der Waals surface area contributed by atoms with Crippen LogP contribution in [0.4, 0.5) is 17.1 Å². The molecule has 0 heterocycles. The first-order chi connectivity index (χ1) is 7.18. The maximum Gasteiger partial charge on any atom is 0.416 e. The second kappa shape index (κ2) is 4.25. The highest BCUT2D eigenvalue weighted by atomic mass is 32.3. The Morgan fingerprint density at radius 1 is 1.06 bits per heavy atom. The van der Waals surface area contributed by atoms with Crippen molar-refractivity contribution < 1.29 is 25.5 Å². The van der Waals surface area contributed by atoms with Gasteiger partial charge in [0.05, 0.1) is 11.0 Å². The number of alkyl halides is 3. The van der Waals surface area contributed by atoms with Crippen LogP contribution in [-0.2, 0) is 16.4 Å². The second-order valence-electron chi connectivity index (χ2n) is 2.90. The molecule has 88 valence electrons. The largest absolute Gasteiger partial charge is 0.416 e. The van der Waals surface area contributed by atoms with Gasteiger partial charge in [-0.15, -0.1) is 3.89 Å². The van der Waals surface area contributed by atoms with Gasteiger partial charge < -0.3 is 0 Å². The summed E-state index contributed by atoms with van der Waals surface area (Å²) in [5.74, 6) is 0. The number of benzene rings is 1. The van der Waals surface area contributed by atoms with E-state index in [1.165, 1.54) is 0 Å². The van der Waals surface area contributed by atoms with Crippen molar-refractivity contribution in [1.82, 2.24) is 0 Å². The summed E-state index contributed by atoms with van der Waals surface area (Å²) in [6.45, 7) is 0. The van der Waals surface area contributed by atoms with Crippen LogP contribution in [0.2, 0.25) is 0 Å². The van der Waals surface area contributed by atoms with E-state index in [0.29, 0.717) is 0 Å². The standard InChI is InChI=1S/C9H6F4O2S/c10-9(11,12)8-3-1-7(2-4-8)5-6-16(13,14)15/h1-6H/b6-5+. The predicted octanol–water partition coefficient (Wildman–Crippen LogP) is 2.98. The molecule has 0 atom stereocenters. The van der Waals surface area contributed by atoms with Crippen LogP contribution in [0.5, 0.6) is 0 Å². The Balaban J connectivity index is 2.93. The Kier molecular flexibility index (Phi) is 3.37. The molecular weight excluding hydrogens is 248 g/mol. The van der Waals surface area contributed by atoms with Crippen molar-refractivity contribution in [2.45, 2.75) is 6.18 Å². The normalized spacial score (nSPS) is 13.2. The monoisotopic (exact) mass is 254 g/mol. The molecule has 0 N–H and O–H groups in total. The molecule has 0 saturated heterocycles. The molecule has 1 aromatic rings. The molecule has 0 aromatic heterocycles. The summed E-state index contributed by atoms with van der Waals surface area (Å²) in [6.07, 6.45) is -3.58. The Morgan fingerprint density at radius 2 is 1.56 bits per heavy atom. The molecule has 0 bridgehead atoms. The van der Waals surface area contributed by atoms with Crippen molar-refractivity contribution in [1.29, 1.82) is 0 Å². The summed E-state index contributed by atoms with van der Waals surface area (Å²) in [6, 6.07) is 3.66. The third kappa shape index (κ3) is 4.01. The molecule has 16 heavy (non-hydrogen) atoms. The molecule has 0 amide bonds. The van der Waals surface area contributed by atoms with Crippen molar-refractivity contribution in [3.8, 4) is 0 Å². The van der Waals surface area contributed by atoms with Crippen molar-refractivity contribution in [2.75, 3.05) is 0 Å². The highest BCUT2D eigenvalue weighted by Crippen LogP contribution is 2.29. The third-order valence-electron chi connectivity index (χ3n) is 1.66. The van der Waals surface area contributed by atoms with E-state index in [4.69, 9.17) is 0 Å². The van der Waals surface area contributed by atoms with E-state index in [-0.39, 0.29) is 11.0 Å². The lowest BCUT2D eigenvalue weighted by atomic mass is 10.1. The van der Waals surface area contributed by atoms with Gasteiger partial charge in [0.15, 0.2) is 0 Å². The Morgan fingerprint density at radius 3 is 1.94 bits per heavy atom. The molecule has 0 radical (unpaired) electrons. The Hall–Kier alpha value is -1.37. The van der Waals surface area contributed by atoms with Gasteiger partial charge in [-0.2, -0.15) is 21.6 Å². The predicted molar refractivity (Wildman–Crippen MR) is 50.5 cm³/mol. The zero-order valence-corrected chi connectivity index (χ0v) is 8.52.